The summed E-state index contributed by atoms with van der Waals surface area (Å²) in [7, 11) is 0. The molecule has 0 aliphatic carbocycles. The molecule has 2 aromatic carbocycles. The summed E-state index contributed by atoms with van der Waals surface area (Å²) in [6.45, 7) is 3.97. The number of carbonyl (C=O) groups is 3. The van der Waals surface area contributed by atoms with Crippen molar-refractivity contribution in [2.75, 3.05) is 6.54 Å². The summed E-state index contributed by atoms with van der Waals surface area (Å²) in [5.74, 6) is -0.510. The molecule has 2 rings (SSSR count). The van der Waals surface area contributed by atoms with Crippen molar-refractivity contribution in [2.24, 2.45) is 5.10 Å². The molecule has 0 bridgehead atoms. The molecule has 2 aromatic rings. The first-order valence-electron chi connectivity index (χ1n) is 13.0. The minimum atomic E-state index is -0.415. The number of carbonyl (C=O) groups excluding carboxylic acids is 3. The van der Waals surface area contributed by atoms with E-state index in [1.165, 1.54) is 44.7 Å². The molecule has 0 unspecified atom stereocenters. The lowest BCUT2D eigenvalue weighted by molar-refractivity contribution is -0.126. The topological polar surface area (TPSA) is 96.9 Å². The van der Waals surface area contributed by atoms with Crippen LogP contribution in [-0.4, -0.2) is 30.5 Å². The molecular weight excluding hydrogens is 454 g/mol. The van der Waals surface area contributed by atoms with Gasteiger partial charge < -0.3 is 10.1 Å². The highest BCUT2D eigenvalue weighted by Gasteiger charge is 2.10. The summed E-state index contributed by atoms with van der Waals surface area (Å²) in [6.07, 6.45) is 12.7. The molecule has 0 atom stereocenters. The van der Waals surface area contributed by atoms with E-state index in [0.29, 0.717) is 17.7 Å². The first-order valence-corrected chi connectivity index (χ1v) is 13.0. The van der Waals surface area contributed by atoms with Crippen LogP contribution in [0.1, 0.15) is 92.6 Å². The minimum Gasteiger partial charge on any atom is -0.423 e. The lowest BCUT2D eigenvalue weighted by Gasteiger charge is -2.06. The third kappa shape index (κ3) is 11.8. The number of rotatable bonds is 16. The van der Waals surface area contributed by atoms with Crippen molar-refractivity contribution in [2.45, 2.75) is 78.1 Å². The summed E-state index contributed by atoms with van der Waals surface area (Å²) in [4.78, 5) is 36.1. The van der Waals surface area contributed by atoms with Gasteiger partial charge in [-0.25, -0.2) is 10.2 Å². The smallest absolute Gasteiger partial charge is 0.343 e. The van der Waals surface area contributed by atoms with Gasteiger partial charge in [-0.05, 0) is 54.8 Å². The van der Waals surface area contributed by atoms with Gasteiger partial charge in [0, 0.05) is 6.42 Å². The maximum absolute atomic E-state index is 12.3. The molecule has 7 heteroatoms. The largest absolute Gasteiger partial charge is 0.423 e. The highest BCUT2D eigenvalue weighted by Crippen LogP contribution is 2.15. The molecule has 0 saturated heterocycles. The van der Waals surface area contributed by atoms with Gasteiger partial charge in [0.25, 0.3) is 5.91 Å². The summed E-state index contributed by atoms with van der Waals surface area (Å²) < 4.78 is 5.40. The van der Waals surface area contributed by atoms with Gasteiger partial charge in [0.05, 0.1) is 18.3 Å². The molecule has 0 radical (unpaired) electrons. The van der Waals surface area contributed by atoms with E-state index >= 15 is 0 Å². The van der Waals surface area contributed by atoms with Crippen LogP contribution in [0.5, 0.6) is 5.75 Å². The molecular formula is C29H39N3O4. The van der Waals surface area contributed by atoms with Crippen molar-refractivity contribution >= 4 is 24.0 Å². The van der Waals surface area contributed by atoms with Crippen LogP contribution in [0, 0.1) is 6.92 Å². The predicted octanol–water partition coefficient (Wildman–Crippen LogP) is 5.70. The SMILES string of the molecule is CCCCCCCCCCCC(=O)NCC(=O)NN=Cc1ccc(OC(=O)c2ccccc2C)cc1. The minimum absolute atomic E-state index is 0.110. The first-order chi connectivity index (χ1) is 17.5. The average Bonchev–Trinajstić information content (AvgIpc) is 2.87. The molecule has 2 amide bonds. The van der Waals surface area contributed by atoms with E-state index in [1.807, 2.05) is 19.1 Å². The molecule has 194 valence electrons. The van der Waals surface area contributed by atoms with Gasteiger partial charge in [-0.15, -0.1) is 0 Å². The van der Waals surface area contributed by atoms with Crippen LogP contribution >= 0.6 is 0 Å². The normalized spacial score (nSPS) is 10.8. The molecule has 0 aliphatic heterocycles. The molecule has 7 nitrogen and oxygen atoms in total. The summed E-state index contributed by atoms with van der Waals surface area (Å²) in [5.41, 5.74) is 4.49. The molecule has 0 spiro atoms. The number of amides is 2. The Morgan fingerprint density at radius 3 is 2.14 bits per heavy atom. The Morgan fingerprint density at radius 2 is 1.47 bits per heavy atom. The Bertz CT molecular complexity index is 986. The average molecular weight is 494 g/mol. The fraction of sp³-hybridized carbons (Fsp3) is 0.448. The van der Waals surface area contributed by atoms with Crippen molar-refractivity contribution in [3.8, 4) is 5.75 Å². The van der Waals surface area contributed by atoms with Gasteiger partial charge >= 0.3 is 5.97 Å². The molecule has 0 aromatic heterocycles. The zero-order valence-electron chi connectivity index (χ0n) is 21.6. The Hall–Kier alpha value is -3.48. The van der Waals surface area contributed by atoms with Crippen molar-refractivity contribution in [1.29, 1.82) is 0 Å². The van der Waals surface area contributed by atoms with E-state index in [0.717, 1.165) is 30.4 Å². The zero-order valence-corrected chi connectivity index (χ0v) is 21.6. The first kappa shape index (κ1) is 28.8. The third-order valence-electron chi connectivity index (χ3n) is 5.81. The number of unbranched alkanes of at least 4 members (excludes halogenated alkanes) is 8. The van der Waals surface area contributed by atoms with Crippen LogP contribution in [0.15, 0.2) is 53.6 Å². The standard InChI is InChI=1S/C29H39N3O4/c1-3-4-5-6-7-8-9-10-11-16-27(33)30-22-28(34)32-31-21-24-17-19-25(20-18-24)36-29(35)26-15-13-12-14-23(26)2/h12-15,17-21H,3-11,16,22H2,1-2H3,(H,30,33)(H,32,34). The quantitative estimate of drug-likeness (QED) is 0.103. The monoisotopic (exact) mass is 493 g/mol. The van der Waals surface area contributed by atoms with Crippen LogP contribution in [-0.2, 0) is 9.59 Å². The zero-order chi connectivity index (χ0) is 26.0. The number of nitrogens with zero attached hydrogens (tertiary/aromatic N) is 1. The van der Waals surface area contributed by atoms with E-state index in [4.69, 9.17) is 4.74 Å². The van der Waals surface area contributed by atoms with Crippen LogP contribution in [0.3, 0.4) is 0 Å². The Balaban J connectivity index is 1.59. The van der Waals surface area contributed by atoms with Crippen LogP contribution in [0.2, 0.25) is 0 Å². The highest BCUT2D eigenvalue weighted by atomic mass is 16.5. The second-order valence-electron chi connectivity index (χ2n) is 8.92. The van der Waals surface area contributed by atoms with E-state index in [-0.39, 0.29) is 12.5 Å². The number of hydrogen-bond donors (Lipinski definition) is 2. The van der Waals surface area contributed by atoms with Crippen molar-refractivity contribution in [3.63, 3.8) is 0 Å². The van der Waals surface area contributed by atoms with Gasteiger partial charge in [0.15, 0.2) is 0 Å². The van der Waals surface area contributed by atoms with Gasteiger partial charge in [0.1, 0.15) is 5.75 Å². The number of aryl methyl sites for hydroxylation is 1. The fourth-order valence-electron chi connectivity index (χ4n) is 3.67. The number of benzene rings is 2. The Labute approximate surface area is 214 Å². The van der Waals surface area contributed by atoms with E-state index < -0.39 is 11.9 Å². The number of esters is 1. The Morgan fingerprint density at radius 1 is 0.833 bits per heavy atom. The van der Waals surface area contributed by atoms with Gasteiger partial charge in [-0.3, -0.25) is 9.59 Å². The van der Waals surface area contributed by atoms with Gasteiger partial charge in [0.2, 0.25) is 5.91 Å². The molecule has 0 aliphatic rings. The molecule has 2 N–H and O–H groups in total. The fourth-order valence-corrected chi connectivity index (χ4v) is 3.67. The predicted molar refractivity (Wildman–Crippen MR) is 143 cm³/mol. The maximum Gasteiger partial charge on any atom is 0.343 e. The van der Waals surface area contributed by atoms with E-state index in [9.17, 15) is 14.4 Å². The van der Waals surface area contributed by atoms with E-state index in [2.05, 4.69) is 22.8 Å². The van der Waals surface area contributed by atoms with Crippen LogP contribution < -0.4 is 15.5 Å². The number of hydrazone groups is 1. The molecule has 0 saturated carbocycles. The summed E-state index contributed by atoms with van der Waals surface area (Å²) >= 11 is 0. The maximum atomic E-state index is 12.3. The highest BCUT2D eigenvalue weighted by molar-refractivity contribution is 5.92. The summed E-state index contributed by atoms with van der Waals surface area (Å²) in [6, 6.07) is 14.0. The molecule has 0 fully saturated rings. The van der Waals surface area contributed by atoms with Crippen LogP contribution in [0.25, 0.3) is 0 Å². The van der Waals surface area contributed by atoms with E-state index in [1.54, 1.807) is 36.4 Å². The number of ether oxygens (including phenoxy) is 1. The Kier molecular flexibility index (Phi) is 13.6. The van der Waals surface area contributed by atoms with Gasteiger partial charge in [-0.2, -0.15) is 5.10 Å². The lowest BCUT2D eigenvalue weighted by Crippen LogP contribution is -2.34. The van der Waals surface area contributed by atoms with Gasteiger partial charge in [-0.1, -0.05) is 76.5 Å². The second-order valence-corrected chi connectivity index (χ2v) is 8.92. The summed E-state index contributed by atoms with van der Waals surface area (Å²) in [5, 5.41) is 6.53. The molecule has 0 heterocycles. The second kappa shape index (κ2) is 17.0. The third-order valence-corrected chi connectivity index (χ3v) is 5.81. The number of nitrogens with one attached hydrogen (secondary N) is 2. The van der Waals surface area contributed by atoms with Crippen molar-refractivity contribution in [1.82, 2.24) is 10.7 Å². The van der Waals surface area contributed by atoms with Crippen molar-refractivity contribution in [3.05, 3.63) is 65.2 Å². The molecule has 36 heavy (non-hydrogen) atoms. The van der Waals surface area contributed by atoms with Crippen molar-refractivity contribution < 1.29 is 19.1 Å². The lowest BCUT2D eigenvalue weighted by atomic mass is 10.1. The number of hydrogen-bond acceptors (Lipinski definition) is 5. The van der Waals surface area contributed by atoms with Crippen LogP contribution in [0.4, 0.5) is 0 Å².